The van der Waals surface area contributed by atoms with Gasteiger partial charge in [0.05, 0.1) is 9.82 Å². The minimum Gasteiger partial charge on any atom is -0.477 e. The Morgan fingerprint density at radius 1 is 1.30 bits per heavy atom. The fraction of sp³-hybridized carbons (Fsp3) is 0.364. The summed E-state index contributed by atoms with van der Waals surface area (Å²) in [5.41, 5.74) is -1.28. The summed E-state index contributed by atoms with van der Waals surface area (Å²) in [5, 5.41) is 19.2. The second kappa shape index (κ2) is 7.15. The van der Waals surface area contributed by atoms with Crippen LogP contribution in [0.1, 0.15) is 10.4 Å². The fourth-order valence-corrected chi connectivity index (χ4v) is 1.71. The van der Waals surface area contributed by atoms with Crippen LogP contribution in [0.5, 0.6) is 0 Å². The molecule has 0 fully saturated rings. The number of carbonyl (C=O) groups is 1. The highest BCUT2D eigenvalue weighted by molar-refractivity contribution is 7.90. The van der Waals surface area contributed by atoms with Gasteiger partial charge in [-0.3, -0.25) is 10.1 Å². The van der Waals surface area contributed by atoms with Crippen LogP contribution >= 0.6 is 0 Å². The van der Waals surface area contributed by atoms with Gasteiger partial charge < -0.3 is 5.11 Å². The molecule has 1 aromatic carbocycles. The zero-order valence-electron chi connectivity index (χ0n) is 11.6. The third kappa shape index (κ3) is 5.93. The molecular formula is C11H16NO6SSi. The van der Waals surface area contributed by atoms with E-state index >= 15 is 0 Å². The van der Waals surface area contributed by atoms with Gasteiger partial charge in [-0.1, -0.05) is 19.6 Å². The first-order valence-corrected chi connectivity index (χ1v) is 10.3. The van der Waals surface area contributed by atoms with Crippen LogP contribution in [-0.2, 0) is 9.84 Å². The monoisotopic (exact) mass is 318 g/mol. The third-order valence-corrected chi connectivity index (χ3v) is 2.93. The number of nitro groups is 1. The maximum atomic E-state index is 11.1. The number of nitro benzene ring substituents is 1. The largest absolute Gasteiger partial charge is 0.477 e. The zero-order valence-corrected chi connectivity index (χ0v) is 13.4. The lowest BCUT2D eigenvalue weighted by atomic mass is 10.2. The van der Waals surface area contributed by atoms with Crippen molar-refractivity contribution in [2.75, 3.05) is 6.26 Å². The Labute approximate surface area is 118 Å². The number of hydrogen-bond donors (Lipinski definition) is 1. The van der Waals surface area contributed by atoms with Crippen molar-refractivity contribution in [3.05, 3.63) is 33.9 Å². The summed E-state index contributed by atoms with van der Waals surface area (Å²) < 4.78 is 22.2. The van der Waals surface area contributed by atoms with E-state index in [1.165, 1.54) is 0 Å². The summed E-state index contributed by atoms with van der Waals surface area (Å²) in [4.78, 5) is 20.0. The van der Waals surface area contributed by atoms with Gasteiger partial charge >= 0.3 is 5.97 Å². The molecule has 0 unspecified atom stereocenters. The first-order chi connectivity index (χ1) is 8.96. The second-order valence-corrected chi connectivity index (χ2v) is 9.53. The van der Waals surface area contributed by atoms with Gasteiger partial charge in [0.1, 0.15) is 5.56 Å². The normalized spacial score (nSPS) is 10.7. The van der Waals surface area contributed by atoms with Crippen molar-refractivity contribution in [1.29, 1.82) is 0 Å². The van der Waals surface area contributed by atoms with Gasteiger partial charge in [0.15, 0.2) is 9.84 Å². The molecular weight excluding hydrogens is 302 g/mol. The highest BCUT2D eigenvalue weighted by Crippen LogP contribution is 2.22. The SMILES string of the molecule is CS(=O)(=O)c1ccc(C(=O)O)c([N+](=O)[O-])c1.C[Si](C)C. The summed E-state index contributed by atoms with van der Waals surface area (Å²) in [7, 11) is -3.48. The van der Waals surface area contributed by atoms with E-state index in [9.17, 15) is 23.3 Å². The van der Waals surface area contributed by atoms with Crippen LogP contribution in [0.25, 0.3) is 0 Å². The van der Waals surface area contributed by atoms with Crippen molar-refractivity contribution in [2.24, 2.45) is 0 Å². The number of hydrogen-bond acceptors (Lipinski definition) is 5. The first kappa shape index (κ1) is 18.3. The molecule has 0 aromatic heterocycles. The quantitative estimate of drug-likeness (QED) is 0.518. The van der Waals surface area contributed by atoms with Gasteiger partial charge in [0.2, 0.25) is 0 Å². The number of rotatable bonds is 3. The van der Waals surface area contributed by atoms with Crippen LogP contribution in [0.2, 0.25) is 19.6 Å². The molecule has 0 amide bonds. The smallest absolute Gasteiger partial charge is 0.342 e. The number of nitrogens with zero attached hydrogens (tertiary/aromatic N) is 1. The van der Waals surface area contributed by atoms with E-state index in [0.717, 1.165) is 24.5 Å². The highest BCUT2D eigenvalue weighted by atomic mass is 32.2. The Morgan fingerprint density at radius 2 is 1.75 bits per heavy atom. The Bertz CT molecular complexity index is 609. The maximum absolute atomic E-state index is 11.1. The molecule has 0 aliphatic heterocycles. The predicted molar refractivity (Wildman–Crippen MR) is 76.5 cm³/mol. The molecule has 9 heteroatoms. The molecule has 0 spiro atoms. The number of benzene rings is 1. The van der Waals surface area contributed by atoms with Crippen molar-refractivity contribution >= 4 is 30.3 Å². The van der Waals surface area contributed by atoms with Crippen molar-refractivity contribution in [2.45, 2.75) is 24.5 Å². The summed E-state index contributed by atoms with van der Waals surface area (Å²) in [6.07, 6.45) is 0.881. The van der Waals surface area contributed by atoms with Gasteiger partial charge in [-0.25, -0.2) is 13.2 Å². The first-order valence-electron chi connectivity index (χ1n) is 5.45. The number of carboxylic acids is 1. The predicted octanol–water partition coefficient (Wildman–Crippen LogP) is 2.07. The third-order valence-electron chi connectivity index (χ3n) is 1.82. The van der Waals surface area contributed by atoms with E-state index in [-0.39, 0.29) is 13.7 Å². The summed E-state index contributed by atoms with van der Waals surface area (Å²) in [5.74, 6) is -1.48. The van der Waals surface area contributed by atoms with Gasteiger partial charge in [-0.15, -0.1) is 0 Å². The lowest BCUT2D eigenvalue weighted by Gasteiger charge is -2.01. The number of sulfone groups is 1. The number of carboxylic acid groups (broad SMARTS) is 1. The van der Waals surface area contributed by atoms with Crippen LogP contribution in [0.4, 0.5) is 5.69 Å². The Balaban J connectivity index is 0.000000796. The van der Waals surface area contributed by atoms with Gasteiger partial charge in [-0.2, -0.15) is 0 Å². The molecule has 0 heterocycles. The van der Waals surface area contributed by atoms with Crippen molar-refractivity contribution in [3.63, 3.8) is 0 Å². The van der Waals surface area contributed by atoms with Crippen LogP contribution in [0.3, 0.4) is 0 Å². The molecule has 111 valence electrons. The average molecular weight is 318 g/mol. The zero-order chi connectivity index (χ0) is 16.1. The molecule has 1 radical (unpaired) electrons. The van der Waals surface area contributed by atoms with Gasteiger partial charge in [-0.05, 0) is 12.1 Å². The molecule has 20 heavy (non-hydrogen) atoms. The van der Waals surface area contributed by atoms with E-state index in [2.05, 4.69) is 19.6 Å². The van der Waals surface area contributed by atoms with E-state index < -0.39 is 32.0 Å². The minimum atomic E-state index is -3.60. The molecule has 0 aliphatic carbocycles. The lowest BCUT2D eigenvalue weighted by Crippen LogP contribution is -2.05. The van der Waals surface area contributed by atoms with Crippen LogP contribution in [0.15, 0.2) is 23.1 Å². The molecule has 1 rings (SSSR count). The second-order valence-electron chi connectivity index (χ2n) is 4.51. The molecule has 0 saturated carbocycles. The van der Waals surface area contributed by atoms with E-state index in [4.69, 9.17) is 5.11 Å². The number of aromatic carboxylic acids is 1. The Kier molecular flexibility index (Phi) is 6.53. The summed E-state index contributed by atoms with van der Waals surface area (Å²) in [6, 6.07) is 2.65. The van der Waals surface area contributed by atoms with E-state index in [1.54, 1.807) is 0 Å². The van der Waals surface area contributed by atoms with Crippen molar-refractivity contribution in [3.8, 4) is 0 Å². The summed E-state index contributed by atoms with van der Waals surface area (Å²) >= 11 is 0. The topological polar surface area (TPSA) is 115 Å². The molecule has 1 aromatic rings. The fourth-order valence-electron chi connectivity index (χ4n) is 1.07. The van der Waals surface area contributed by atoms with Crippen LogP contribution in [-0.4, -0.2) is 39.5 Å². The molecule has 1 N–H and O–H groups in total. The Hall–Kier alpha value is -1.74. The minimum absolute atomic E-state index is 0.120. The highest BCUT2D eigenvalue weighted by Gasteiger charge is 2.22. The van der Waals surface area contributed by atoms with Gasteiger partial charge in [0.25, 0.3) is 5.69 Å². The van der Waals surface area contributed by atoms with Crippen LogP contribution in [0, 0.1) is 10.1 Å². The molecule has 0 aliphatic rings. The molecule has 0 bridgehead atoms. The lowest BCUT2D eigenvalue weighted by molar-refractivity contribution is -0.385. The summed E-state index contributed by atoms with van der Waals surface area (Å²) in [6.45, 7) is 6.81. The van der Waals surface area contributed by atoms with Crippen molar-refractivity contribution in [1.82, 2.24) is 0 Å². The van der Waals surface area contributed by atoms with Crippen molar-refractivity contribution < 1.29 is 23.2 Å². The molecule has 0 atom stereocenters. The molecule has 0 saturated heterocycles. The molecule has 7 nitrogen and oxygen atoms in total. The van der Waals surface area contributed by atoms with Crippen LogP contribution < -0.4 is 0 Å². The van der Waals surface area contributed by atoms with E-state index in [0.29, 0.717) is 0 Å². The maximum Gasteiger partial charge on any atom is 0.342 e. The van der Waals surface area contributed by atoms with Gasteiger partial charge in [0, 0.05) is 21.1 Å². The van der Waals surface area contributed by atoms with E-state index in [1.807, 2.05) is 0 Å². The average Bonchev–Trinajstić information content (AvgIpc) is 2.25. The Morgan fingerprint density at radius 3 is 2.05 bits per heavy atom. The standard InChI is InChI=1S/C8H7NO6S.C3H9Si/c1-16(14,15)5-2-3-6(8(10)11)7(4-5)9(12)13;1-4(2)3/h2-4H,1H3,(H,10,11);1-3H3.